The van der Waals surface area contributed by atoms with E-state index >= 15 is 0 Å². The maximum Gasteiger partial charge on any atom is 0.251 e. The standard InChI is InChI=1S/C14H24N4O/c1-2-3-4-5-6-7-9-17-14(19)12-8-10-16-13(11-12)18-15/h8,10-11H,2-7,9,15H2,1H3,(H,16,18)(H,17,19). The lowest BCUT2D eigenvalue weighted by Crippen LogP contribution is -2.24. The van der Waals surface area contributed by atoms with Crippen molar-refractivity contribution in [2.24, 2.45) is 5.84 Å². The van der Waals surface area contributed by atoms with Crippen LogP contribution < -0.4 is 16.6 Å². The maximum absolute atomic E-state index is 11.8. The van der Waals surface area contributed by atoms with Crippen LogP contribution in [-0.4, -0.2) is 17.4 Å². The number of anilines is 1. The first kappa shape index (κ1) is 15.4. The highest BCUT2D eigenvalue weighted by Crippen LogP contribution is 2.06. The number of pyridine rings is 1. The lowest BCUT2D eigenvalue weighted by atomic mass is 10.1. The highest BCUT2D eigenvalue weighted by Gasteiger charge is 2.05. The second kappa shape index (κ2) is 9.33. The lowest BCUT2D eigenvalue weighted by molar-refractivity contribution is 0.0953. The molecule has 1 rings (SSSR count). The molecular weight excluding hydrogens is 240 g/mol. The molecule has 19 heavy (non-hydrogen) atoms. The quantitative estimate of drug-likeness (QED) is 0.363. The SMILES string of the molecule is CCCCCCCCNC(=O)c1ccnc(NN)c1. The van der Waals surface area contributed by atoms with Crippen LogP contribution in [0.4, 0.5) is 5.82 Å². The molecule has 1 aromatic rings. The van der Waals surface area contributed by atoms with Crippen LogP contribution in [0.1, 0.15) is 55.8 Å². The zero-order chi connectivity index (χ0) is 13.9. The van der Waals surface area contributed by atoms with Crippen LogP contribution >= 0.6 is 0 Å². The number of hydrazine groups is 1. The number of nitrogens with zero attached hydrogens (tertiary/aromatic N) is 1. The molecule has 0 spiro atoms. The molecule has 106 valence electrons. The molecule has 0 fully saturated rings. The van der Waals surface area contributed by atoms with Crippen LogP contribution in [0, 0.1) is 0 Å². The monoisotopic (exact) mass is 264 g/mol. The molecule has 1 aromatic heterocycles. The maximum atomic E-state index is 11.8. The Bertz CT molecular complexity index is 381. The number of carbonyl (C=O) groups excluding carboxylic acids is 1. The average molecular weight is 264 g/mol. The number of nitrogen functional groups attached to an aromatic ring is 1. The van der Waals surface area contributed by atoms with Crippen LogP contribution in [0.3, 0.4) is 0 Å². The van der Waals surface area contributed by atoms with Crippen molar-refractivity contribution < 1.29 is 4.79 Å². The molecule has 0 radical (unpaired) electrons. The number of rotatable bonds is 9. The number of amides is 1. The van der Waals surface area contributed by atoms with Crippen molar-refractivity contribution in [3.05, 3.63) is 23.9 Å². The minimum atomic E-state index is -0.0764. The third-order valence-corrected chi connectivity index (χ3v) is 2.99. The molecule has 0 unspecified atom stereocenters. The highest BCUT2D eigenvalue weighted by molar-refractivity contribution is 5.94. The Balaban J connectivity index is 2.20. The Morgan fingerprint density at radius 3 is 2.74 bits per heavy atom. The van der Waals surface area contributed by atoms with Gasteiger partial charge in [-0.05, 0) is 18.6 Å². The summed E-state index contributed by atoms with van der Waals surface area (Å²) in [6.07, 6.45) is 8.87. The Labute approximate surface area is 115 Å². The predicted molar refractivity (Wildman–Crippen MR) is 77.8 cm³/mol. The van der Waals surface area contributed by atoms with Crippen molar-refractivity contribution in [2.75, 3.05) is 12.0 Å². The molecule has 0 bridgehead atoms. The third-order valence-electron chi connectivity index (χ3n) is 2.99. The van der Waals surface area contributed by atoms with Crippen molar-refractivity contribution >= 4 is 11.7 Å². The fraction of sp³-hybridized carbons (Fsp3) is 0.571. The van der Waals surface area contributed by atoms with Crippen molar-refractivity contribution in [1.29, 1.82) is 0 Å². The van der Waals surface area contributed by atoms with Gasteiger partial charge in [0, 0.05) is 18.3 Å². The van der Waals surface area contributed by atoms with Gasteiger partial charge in [0.15, 0.2) is 0 Å². The van der Waals surface area contributed by atoms with Crippen molar-refractivity contribution in [3.8, 4) is 0 Å². The van der Waals surface area contributed by atoms with Crippen molar-refractivity contribution in [3.63, 3.8) is 0 Å². The van der Waals surface area contributed by atoms with E-state index in [9.17, 15) is 4.79 Å². The van der Waals surface area contributed by atoms with Gasteiger partial charge >= 0.3 is 0 Å². The summed E-state index contributed by atoms with van der Waals surface area (Å²) in [4.78, 5) is 15.8. The summed E-state index contributed by atoms with van der Waals surface area (Å²) in [5.74, 6) is 5.67. The van der Waals surface area contributed by atoms with Crippen LogP contribution in [0.5, 0.6) is 0 Å². The van der Waals surface area contributed by atoms with Crippen LogP contribution in [0.25, 0.3) is 0 Å². The Morgan fingerprint density at radius 1 is 1.26 bits per heavy atom. The van der Waals surface area contributed by atoms with E-state index in [0.717, 1.165) is 13.0 Å². The third kappa shape index (κ3) is 6.20. The van der Waals surface area contributed by atoms with Crippen molar-refractivity contribution in [1.82, 2.24) is 10.3 Å². The fourth-order valence-corrected chi connectivity index (χ4v) is 1.86. The minimum Gasteiger partial charge on any atom is -0.352 e. The first-order valence-electron chi connectivity index (χ1n) is 6.98. The van der Waals surface area contributed by atoms with Crippen LogP contribution in [0.15, 0.2) is 18.3 Å². The summed E-state index contributed by atoms with van der Waals surface area (Å²) in [6.45, 7) is 2.93. The molecule has 5 nitrogen and oxygen atoms in total. The number of nitrogens with one attached hydrogen (secondary N) is 2. The number of aromatic nitrogens is 1. The summed E-state index contributed by atoms with van der Waals surface area (Å²) >= 11 is 0. The highest BCUT2D eigenvalue weighted by atomic mass is 16.1. The molecule has 4 N–H and O–H groups in total. The normalized spacial score (nSPS) is 10.2. The molecule has 5 heteroatoms. The van der Waals surface area contributed by atoms with Gasteiger partial charge < -0.3 is 10.7 Å². The van der Waals surface area contributed by atoms with Crippen LogP contribution in [0.2, 0.25) is 0 Å². The zero-order valence-corrected chi connectivity index (χ0v) is 11.6. The first-order chi connectivity index (χ1) is 9.27. The molecule has 0 saturated carbocycles. The summed E-state index contributed by atoms with van der Waals surface area (Å²) < 4.78 is 0. The Hall–Kier alpha value is -1.62. The second-order valence-corrected chi connectivity index (χ2v) is 4.60. The van der Waals surface area contributed by atoms with Gasteiger partial charge in [-0.2, -0.15) is 0 Å². The first-order valence-corrected chi connectivity index (χ1v) is 6.98. The molecule has 0 aliphatic rings. The molecule has 1 heterocycles. The number of hydrogen-bond donors (Lipinski definition) is 3. The number of carbonyl (C=O) groups is 1. The summed E-state index contributed by atoms with van der Waals surface area (Å²) in [5, 5.41) is 2.91. The topological polar surface area (TPSA) is 80.0 Å². The molecule has 0 atom stereocenters. The largest absolute Gasteiger partial charge is 0.352 e. The number of unbranched alkanes of at least 4 members (excludes halogenated alkanes) is 5. The minimum absolute atomic E-state index is 0.0764. The predicted octanol–water partition coefficient (Wildman–Crippen LogP) is 2.46. The van der Waals surface area contributed by atoms with E-state index in [4.69, 9.17) is 5.84 Å². The fourth-order valence-electron chi connectivity index (χ4n) is 1.86. The van der Waals surface area contributed by atoms with E-state index in [2.05, 4.69) is 22.7 Å². The van der Waals surface area contributed by atoms with E-state index in [-0.39, 0.29) is 5.91 Å². The molecule has 0 aliphatic heterocycles. The summed E-state index contributed by atoms with van der Waals surface area (Å²) in [5.41, 5.74) is 3.00. The van der Waals surface area contributed by atoms with E-state index in [1.54, 1.807) is 18.3 Å². The van der Waals surface area contributed by atoms with Gasteiger partial charge in [0.25, 0.3) is 5.91 Å². The Kier molecular flexibility index (Phi) is 7.58. The summed E-state index contributed by atoms with van der Waals surface area (Å²) in [7, 11) is 0. The number of nitrogens with two attached hydrogens (primary N) is 1. The molecular formula is C14H24N4O. The molecule has 1 amide bonds. The Morgan fingerprint density at radius 2 is 2.00 bits per heavy atom. The lowest BCUT2D eigenvalue weighted by Gasteiger charge is -2.06. The average Bonchev–Trinajstić information content (AvgIpc) is 2.46. The van der Waals surface area contributed by atoms with Gasteiger partial charge in [0.1, 0.15) is 5.82 Å². The molecule has 0 saturated heterocycles. The van der Waals surface area contributed by atoms with Crippen LogP contribution in [-0.2, 0) is 0 Å². The van der Waals surface area contributed by atoms with E-state index in [0.29, 0.717) is 11.4 Å². The molecule has 0 aromatic carbocycles. The van der Waals surface area contributed by atoms with Gasteiger partial charge in [-0.25, -0.2) is 10.8 Å². The summed E-state index contributed by atoms with van der Waals surface area (Å²) in [6, 6.07) is 3.31. The van der Waals surface area contributed by atoms with Gasteiger partial charge in [0.05, 0.1) is 0 Å². The number of hydrogen-bond acceptors (Lipinski definition) is 4. The van der Waals surface area contributed by atoms with E-state index in [1.807, 2.05) is 0 Å². The van der Waals surface area contributed by atoms with Crippen molar-refractivity contribution in [2.45, 2.75) is 45.4 Å². The smallest absolute Gasteiger partial charge is 0.251 e. The molecule has 0 aliphatic carbocycles. The second-order valence-electron chi connectivity index (χ2n) is 4.60. The van der Waals surface area contributed by atoms with Gasteiger partial charge in [-0.1, -0.05) is 39.0 Å². The van der Waals surface area contributed by atoms with E-state index in [1.165, 1.54) is 32.1 Å². The zero-order valence-electron chi connectivity index (χ0n) is 11.6. The van der Waals surface area contributed by atoms with Gasteiger partial charge in [-0.3, -0.25) is 4.79 Å². The van der Waals surface area contributed by atoms with E-state index < -0.39 is 0 Å². The van der Waals surface area contributed by atoms with Gasteiger partial charge in [0.2, 0.25) is 0 Å². The van der Waals surface area contributed by atoms with Gasteiger partial charge in [-0.15, -0.1) is 0 Å².